The fourth-order valence-electron chi connectivity index (χ4n) is 1.46. The number of hydrogen-bond acceptors (Lipinski definition) is 4. The van der Waals surface area contributed by atoms with Crippen LogP contribution in [0.5, 0.6) is 0 Å². The molecule has 0 N–H and O–H groups in total. The lowest BCUT2D eigenvalue weighted by Crippen LogP contribution is -1.98. The van der Waals surface area contributed by atoms with Crippen molar-refractivity contribution in [3.05, 3.63) is 53.4 Å². The Morgan fingerprint density at radius 2 is 2.12 bits per heavy atom. The third-order valence-electron chi connectivity index (χ3n) is 2.32. The zero-order valence-electron chi connectivity index (χ0n) is 9.33. The number of nitrogens with zero attached hydrogens (tertiary/aromatic N) is 1. The predicted molar refractivity (Wildman–Crippen MR) is 61.7 cm³/mol. The topological polar surface area (TPSA) is 52.3 Å². The van der Waals surface area contributed by atoms with Crippen LogP contribution in [0.3, 0.4) is 0 Å². The Bertz CT molecular complexity index is 465. The number of aromatic nitrogens is 1. The highest BCUT2D eigenvalue weighted by Gasteiger charge is 2.02. The summed E-state index contributed by atoms with van der Waals surface area (Å²) in [6.07, 6.45) is 1.51. The third-order valence-corrected chi connectivity index (χ3v) is 2.32. The lowest BCUT2D eigenvalue weighted by atomic mass is 10.2. The third kappa shape index (κ3) is 3.53. The number of carbonyl (C=O) groups excluding carboxylic acids is 1. The van der Waals surface area contributed by atoms with Crippen LogP contribution in [-0.2, 0) is 17.8 Å². The van der Waals surface area contributed by atoms with Crippen molar-refractivity contribution < 1.29 is 14.1 Å². The zero-order chi connectivity index (χ0) is 11.9. The molecule has 17 heavy (non-hydrogen) atoms. The van der Waals surface area contributed by atoms with Crippen LogP contribution in [0.1, 0.15) is 21.8 Å². The van der Waals surface area contributed by atoms with E-state index in [9.17, 15) is 4.79 Å². The van der Waals surface area contributed by atoms with E-state index >= 15 is 0 Å². The van der Waals surface area contributed by atoms with Gasteiger partial charge in [0.05, 0.1) is 6.61 Å². The molecule has 0 fully saturated rings. The molecule has 0 spiro atoms. The molecule has 0 saturated heterocycles. The van der Waals surface area contributed by atoms with Gasteiger partial charge in [-0.1, -0.05) is 35.5 Å². The molecule has 0 aliphatic rings. The van der Waals surface area contributed by atoms with Crippen molar-refractivity contribution in [1.82, 2.24) is 5.16 Å². The normalized spacial score (nSPS) is 10.4. The Morgan fingerprint density at radius 1 is 1.29 bits per heavy atom. The fraction of sp³-hybridized carbons (Fsp3) is 0.231. The van der Waals surface area contributed by atoms with Gasteiger partial charge >= 0.3 is 0 Å². The molecule has 1 heterocycles. The summed E-state index contributed by atoms with van der Waals surface area (Å²) in [4.78, 5) is 10.4. The van der Waals surface area contributed by atoms with Gasteiger partial charge in [-0.25, -0.2) is 0 Å². The number of rotatable bonds is 6. The molecule has 1 aromatic carbocycles. The van der Waals surface area contributed by atoms with Crippen LogP contribution in [0.25, 0.3) is 0 Å². The first kappa shape index (κ1) is 11.5. The quantitative estimate of drug-likeness (QED) is 0.565. The molecule has 0 atom stereocenters. The van der Waals surface area contributed by atoms with Crippen LogP contribution in [0.2, 0.25) is 0 Å². The summed E-state index contributed by atoms with van der Waals surface area (Å²) >= 11 is 0. The summed E-state index contributed by atoms with van der Waals surface area (Å²) in [6, 6.07) is 11.7. The van der Waals surface area contributed by atoms with E-state index in [-0.39, 0.29) is 0 Å². The minimum absolute atomic E-state index is 0.298. The lowest BCUT2D eigenvalue weighted by molar-refractivity contribution is 0.103. The fourth-order valence-corrected chi connectivity index (χ4v) is 1.46. The number of benzene rings is 1. The molecule has 0 aliphatic carbocycles. The number of hydrogen-bond donors (Lipinski definition) is 0. The van der Waals surface area contributed by atoms with Gasteiger partial charge in [-0.15, -0.1) is 0 Å². The summed E-state index contributed by atoms with van der Waals surface area (Å²) in [5.74, 6) is 0.570. The summed E-state index contributed by atoms with van der Waals surface area (Å²) in [5.41, 5.74) is 1.53. The van der Waals surface area contributed by atoms with Crippen LogP contribution >= 0.6 is 0 Å². The van der Waals surface area contributed by atoms with Crippen LogP contribution in [-0.4, -0.2) is 18.0 Å². The summed E-state index contributed by atoms with van der Waals surface area (Å²) < 4.78 is 10.3. The molecule has 4 nitrogen and oxygen atoms in total. The van der Waals surface area contributed by atoms with E-state index in [2.05, 4.69) is 17.3 Å². The second-order valence-electron chi connectivity index (χ2n) is 3.62. The molecular formula is C13H13NO3. The summed E-state index contributed by atoms with van der Waals surface area (Å²) in [5, 5.41) is 3.55. The van der Waals surface area contributed by atoms with Gasteiger partial charge in [0.15, 0.2) is 12.0 Å². The average Bonchev–Trinajstić information content (AvgIpc) is 2.84. The summed E-state index contributed by atoms with van der Waals surface area (Å²) in [7, 11) is 0. The number of aldehydes is 1. The largest absolute Gasteiger partial charge is 0.373 e. The first-order valence-corrected chi connectivity index (χ1v) is 5.41. The molecule has 2 rings (SSSR count). The van der Waals surface area contributed by atoms with E-state index < -0.39 is 0 Å². The van der Waals surface area contributed by atoms with Crippen LogP contribution in [0.4, 0.5) is 0 Å². The Balaban J connectivity index is 1.71. The Kier molecular flexibility index (Phi) is 4.05. The van der Waals surface area contributed by atoms with Gasteiger partial charge in [0, 0.05) is 6.07 Å². The van der Waals surface area contributed by atoms with Crippen LogP contribution < -0.4 is 0 Å². The Labute approximate surface area is 99.2 Å². The van der Waals surface area contributed by atoms with E-state index in [0.717, 1.165) is 6.42 Å². The minimum atomic E-state index is 0.298. The highest BCUT2D eigenvalue weighted by molar-refractivity contribution is 5.71. The van der Waals surface area contributed by atoms with E-state index in [1.807, 2.05) is 18.2 Å². The maximum absolute atomic E-state index is 10.4. The highest BCUT2D eigenvalue weighted by Crippen LogP contribution is 2.04. The van der Waals surface area contributed by atoms with Gasteiger partial charge in [0.2, 0.25) is 0 Å². The first-order valence-electron chi connectivity index (χ1n) is 5.41. The van der Waals surface area contributed by atoms with Crippen molar-refractivity contribution >= 4 is 6.29 Å². The lowest BCUT2D eigenvalue weighted by Gasteiger charge is -2.01. The molecule has 88 valence electrons. The minimum Gasteiger partial charge on any atom is -0.373 e. The molecule has 4 heteroatoms. The standard InChI is InChI=1S/C13H13NO3/c15-9-12-8-13(17-14-12)10-16-7-6-11-4-2-1-3-5-11/h1-5,8-9H,6-7,10H2. The maximum Gasteiger partial charge on any atom is 0.171 e. The van der Waals surface area contributed by atoms with E-state index in [4.69, 9.17) is 9.26 Å². The monoisotopic (exact) mass is 231 g/mol. The second kappa shape index (κ2) is 5.96. The molecule has 0 amide bonds. The molecule has 0 aliphatic heterocycles. The Morgan fingerprint density at radius 3 is 2.82 bits per heavy atom. The highest BCUT2D eigenvalue weighted by atomic mass is 16.5. The molecular weight excluding hydrogens is 218 g/mol. The first-order chi connectivity index (χ1) is 8.38. The molecule has 2 aromatic rings. The van der Waals surface area contributed by atoms with E-state index in [1.165, 1.54) is 5.56 Å². The summed E-state index contributed by atoms with van der Waals surface area (Å²) in [6.45, 7) is 0.953. The van der Waals surface area contributed by atoms with Crippen molar-refractivity contribution in [3.63, 3.8) is 0 Å². The number of carbonyl (C=O) groups is 1. The zero-order valence-corrected chi connectivity index (χ0v) is 9.33. The van der Waals surface area contributed by atoms with Crippen molar-refractivity contribution in [2.45, 2.75) is 13.0 Å². The van der Waals surface area contributed by atoms with Crippen LogP contribution in [0, 0.1) is 0 Å². The van der Waals surface area contributed by atoms with Gasteiger partial charge in [-0.05, 0) is 12.0 Å². The maximum atomic E-state index is 10.4. The van der Waals surface area contributed by atoms with Gasteiger partial charge in [-0.2, -0.15) is 0 Å². The Hall–Kier alpha value is -1.94. The van der Waals surface area contributed by atoms with E-state index in [0.29, 0.717) is 31.0 Å². The smallest absolute Gasteiger partial charge is 0.171 e. The average molecular weight is 231 g/mol. The molecule has 1 aromatic heterocycles. The van der Waals surface area contributed by atoms with Gasteiger partial charge < -0.3 is 9.26 Å². The molecule has 0 bridgehead atoms. The van der Waals surface area contributed by atoms with Gasteiger partial charge in [-0.3, -0.25) is 4.79 Å². The molecule has 0 radical (unpaired) electrons. The van der Waals surface area contributed by atoms with E-state index in [1.54, 1.807) is 6.07 Å². The second-order valence-corrected chi connectivity index (χ2v) is 3.62. The van der Waals surface area contributed by atoms with Gasteiger partial charge in [0.25, 0.3) is 0 Å². The van der Waals surface area contributed by atoms with Crippen molar-refractivity contribution in [2.75, 3.05) is 6.61 Å². The van der Waals surface area contributed by atoms with Crippen molar-refractivity contribution in [1.29, 1.82) is 0 Å². The SMILES string of the molecule is O=Cc1cc(COCCc2ccccc2)on1. The van der Waals surface area contributed by atoms with Crippen LogP contribution in [0.15, 0.2) is 40.9 Å². The predicted octanol–water partition coefficient (Wildman–Crippen LogP) is 2.25. The van der Waals surface area contributed by atoms with Gasteiger partial charge in [0.1, 0.15) is 12.3 Å². The van der Waals surface area contributed by atoms with Crippen molar-refractivity contribution in [2.24, 2.45) is 0 Å². The molecule has 0 unspecified atom stereocenters. The molecule has 0 saturated carbocycles. The van der Waals surface area contributed by atoms with Crippen molar-refractivity contribution in [3.8, 4) is 0 Å². The number of ether oxygens (including phenoxy) is 1.